The molecule has 3 aromatic rings. The molecule has 0 aromatic heterocycles. The summed E-state index contributed by atoms with van der Waals surface area (Å²) in [5, 5.41) is 2.44. The smallest absolute Gasteiger partial charge is 0.128 e. The first-order valence-electron chi connectivity index (χ1n) is 7.36. The van der Waals surface area contributed by atoms with Crippen LogP contribution < -0.4 is 9.47 Å². The van der Waals surface area contributed by atoms with E-state index in [1.807, 2.05) is 12.1 Å². The Morgan fingerprint density at radius 2 is 1.86 bits per heavy atom. The van der Waals surface area contributed by atoms with E-state index in [-0.39, 0.29) is 0 Å². The summed E-state index contributed by atoms with van der Waals surface area (Å²) in [4.78, 5) is 0. The van der Waals surface area contributed by atoms with Crippen LogP contribution >= 0.6 is 0 Å². The molecule has 2 heteroatoms. The molecular weight excluding hydrogens is 272 g/mol. The van der Waals surface area contributed by atoms with Crippen molar-refractivity contribution in [3.8, 4) is 11.5 Å². The fourth-order valence-corrected chi connectivity index (χ4v) is 3.02. The third kappa shape index (κ3) is 2.04. The van der Waals surface area contributed by atoms with Gasteiger partial charge in [-0.05, 0) is 46.2 Å². The molecule has 0 aliphatic carbocycles. The molecule has 0 amide bonds. The van der Waals surface area contributed by atoms with E-state index in [9.17, 15) is 0 Å². The summed E-state index contributed by atoms with van der Waals surface area (Å²) in [5.74, 6) is 1.81. The van der Waals surface area contributed by atoms with Gasteiger partial charge in [0.25, 0.3) is 0 Å². The highest BCUT2D eigenvalue weighted by Crippen LogP contribution is 2.39. The van der Waals surface area contributed by atoms with Crippen molar-refractivity contribution in [2.24, 2.45) is 0 Å². The highest BCUT2D eigenvalue weighted by Gasteiger charge is 2.18. The average molecular weight is 288 g/mol. The van der Waals surface area contributed by atoms with Crippen LogP contribution in [0.4, 0.5) is 0 Å². The molecule has 0 fully saturated rings. The lowest BCUT2D eigenvalue weighted by Crippen LogP contribution is -2.06. The molecule has 3 aromatic carbocycles. The molecule has 0 N–H and O–H groups in total. The maximum Gasteiger partial charge on any atom is 0.128 e. The summed E-state index contributed by atoms with van der Waals surface area (Å²) in [7, 11) is 1.70. The summed E-state index contributed by atoms with van der Waals surface area (Å²) in [6.45, 7) is 0.595. The zero-order valence-corrected chi connectivity index (χ0v) is 12.4. The maximum atomic E-state index is 5.83. The normalized spacial score (nSPS) is 13.2. The number of rotatable bonds is 2. The van der Waals surface area contributed by atoms with Crippen LogP contribution in [-0.2, 0) is 0 Å². The quantitative estimate of drug-likeness (QED) is 0.682. The molecule has 4 rings (SSSR count). The summed E-state index contributed by atoms with van der Waals surface area (Å²) in [5.41, 5.74) is 3.52. The Kier molecular flexibility index (Phi) is 3.08. The topological polar surface area (TPSA) is 18.5 Å². The van der Waals surface area contributed by atoms with Gasteiger partial charge in [-0.3, -0.25) is 0 Å². The first kappa shape index (κ1) is 13.0. The summed E-state index contributed by atoms with van der Waals surface area (Å²) in [6, 6.07) is 20.8. The Morgan fingerprint density at radius 1 is 0.955 bits per heavy atom. The SMILES string of the molecule is COc1cccc(C2=CCOc3ccc4ccccc4c32)c1. The van der Waals surface area contributed by atoms with Crippen LogP contribution in [0.3, 0.4) is 0 Å². The van der Waals surface area contributed by atoms with E-state index < -0.39 is 0 Å². The lowest BCUT2D eigenvalue weighted by atomic mass is 9.91. The van der Waals surface area contributed by atoms with Gasteiger partial charge in [0, 0.05) is 5.56 Å². The monoisotopic (exact) mass is 288 g/mol. The van der Waals surface area contributed by atoms with E-state index in [1.54, 1.807) is 7.11 Å². The highest BCUT2D eigenvalue weighted by molar-refractivity contribution is 6.00. The molecule has 1 heterocycles. The second-order valence-electron chi connectivity index (χ2n) is 5.32. The van der Waals surface area contributed by atoms with E-state index in [2.05, 4.69) is 54.6 Å². The molecule has 0 radical (unpaired) electrons. The first-order valence-corrected chi connectivity index (χ1v) is 7.36. The van der Waals surface area contributed by atoms with Crippen molar-refractivity contribution in [1.82, 2.24) is 0 Å². The molecule has 0 atom stereocenters. The Hall–Kier alpha value is -2.74. The molecule has 0 saturated heterocycles. The van der Waals surface area contributed by atoms with Crippen LogP contribution in [0.2, 0.25) is 0 Å². The Balaban J connectivity index is 1.97. The number of fused-ring (bicyclic) bond motifs is 3. The van der Waals surface area contributed by atoms with Crippen LogP contribution in [0.1, 0.15) is 11.1 Å². The van der Waals surface area contributed by atoms with Gasteiger partial charge >= 0.3 is 0 Å². The van der Waals surface area contributed by atoms with E-state index >= 15 is 0 Å². The first-order chi connectivity index (χ1) is 10.9. The Labute approximate surface area is 129 Å². The van der Waals surface area contributed by atoms with Gasteiger partial charge in [-0.1, -0.05) is 42.5 Å². The third-order valence-electron chi connectivity index (χ3n) is 4.07. The molecule has 0 unspecified atom stereocenters. The van der Waals surface area contributed by atoms with Crippen LogP contribution in [0, 0.1) is 0 Å². The van der Waals surface area contributed by atoms with Crippen LogP contribution in [0.15, 0.2) is 66.7 Å². The van der Waals surface area contributed by atoms with Crippen molar-refractivity contribution in [2.45, 2.75) is 0 Å². The summed E-state index contributed by atoms with van der Waals surface area (Å²) in [6.07, 6.45) is 2.14. The van der Waals surface area contributed by atoms with Crippen molar-refractivity contribution >= 4 is 16.3 Å². The number of hydrogen-bond acceptors (Lipinski definition) is 2. The molecule has 108 valence electrons. The van der Waals surface area contributed by atoms with Gasteiger partial charge in [-0.2, -0.15) is 0 Å². The highest BCUT2D eigenvalue weighted by atomic mass is 16.5. The Morgan fingerprint density at radius 3 is 2.77 bits per heavy atom. The number of ether oxygens (including phenoxy) is 2. The Bertz CT molecular complexity index is 878. The maximum absolute atomic E-state index is 5.83. The molecule has 0 bridgehead atoms. The minimum Gasteiger partial charge on any atom is -0.497 e. The van der Waals surface area contributed by atoms with Crippen molar-refractivity contribution in [1.29, 1.82) is 0 Å². The van der Waals surface area contributed by atoms with E-state index in [0.717, 1.165) is 22.6 Å². The van der Waals surface area contributed by atoms with Gasteiger partial charge in [-0.15, -0.1) is 0 Å². The largest absolute Gasteiger partial charge is 0.497 e. The number of hydrogen-bond donors (Lipinski definition) is 0. The van der Waals surface area contributed by atoms with Gasteiger partial charge < -0.3 is 9.47 Å². The minimum atomic E-state index is 0.595. The van der Waals surface area contributed by atoms with E-state index in [4.69, 9.17) is 9.47 Å². The van der Waals surface area contributed by atoms with Crippen LogP contribution in [-0.4, -0.2) is 13.7 Å². The van der Waals surface area contributed by atoms with Crippen molar-refractivity contribution in [2.75, 3.05) is 13.7 Å². The van der Waals surface area contributed by atoms with E-state index in [0.29, 0.717) is 6.61 Å². The van der Waals surface area contributed by atoms with E-state index in [1.165, 1.54) is 16.3 Å². The fourth-order valence-electron chi connectivity index (χ4n) is 3.02. The molecule has 2 nitrogen and oxygen atoms in total. The molecular formula is C20H16O2. The standard InChI is InChI=1S/C20H16O2/c1-21-16-7-4-6-15(13-16)18-11-12-22-19-10-9-14-5-2-3-8-17(14)20(18)19/h2-11,13H,12H2,1H3. The molecule has 1 aliphatic rings. The predicted molar refractivity (Wildman–Crippen MR) is 89.5 cm³/mol. The second-order valence-corrected chi connectivity index (χ2v) is 5.32. The molecule has 0 spiro atoms. The number of methoxy groups -OCH3 is 1. The van der Waals surface area contributed by atoms with Crippen molar-refractivity contribution in [3.05, 3.63) is 77.9 Å². The molecule has 1 aliphatic heterocycles. The van der Waals surface area contributed by atoms with Gasteiger partial charge in [0.2, 0.25) is 0 Å². The lowest BCUT2D eigenvalue weighted by Gasteiger charge is -2.21. The average Bonchev–Trinajstić information content (AvgIpc) is 2.61. The second kappa shape index (κ2) is 5.23. The molecule has 0 saturated carbocycles. The van der Waals surface area contributed by atoms with Gasteiger partial charge in [0.15, 0.2) is 0 Å². The van der Waals surface area contributed by atoms with Crippen molar-refractivity contribution in [3.63, 3.8) is 0 Å². The zero-order chi connectivity index (χ0) is 14.9. The van der Waals surface area contributed by atoms with Crippen molar-refractivity contribution < 1.29 is 9.47 Å². The third-order valence-corrected chi connectivity index (χ3v) is 4.07. The van der Waals surface area contributed by atoms with Gasteiger partial charge in [-0.25, -0.2) is 0 Å². The fraction of sp³-hybridized carbons (Fsp3) is 0.100. The van der Waals surface area contributed by atoms with Crippen LogP contribution in [0.5, 0.6) is 11.5 Å². The summed E-state index contributed by atoms with van der Waals surface area (Å²) < 4.78 is 11.2. The minimum absolute atomic E-state index is 0.595. The van der Waals surface area contributed by atoms with Crippen LogP contribution in [0.25, 0.3) is 16.3 Å². The number of benzene rings is 3. The van der Waals surface area contributed by atoms with Gasteiger partial charge in [0.05, 0.1) is 7.11 Å². The zero-order valence-electron chi connectivity index (χ0n) is 12.4. The van der Waals surface area contributed by atoms with Gasteiger partial charge in [0.1, 0.15) is 18.1 Å². The lowest BCUT2D eigenvalue weighted by molar-refractivity contribution is 0.358. The predicted octanol–water partition coefficient (Wildman–Crippen LogP) is 4.67. The molecule has 22 heavy (non-hydrogen) atoms. The summed E-state index contributed by atoms with van der Waals surface area (Å²) >= 11 is 0.